The minimum absolute atomic E-state index is 0.0849. The number of amides is 1. The lowest BCUT2D eigenvalue weighted by Crippen LogP contribution is -2.38. The molecular formula is C31H27N9O. The molecule has 0 radical (unpaired) electrons. The summed E-state index contributed by atoms with van der Waals surface area (Å²) in [5.41, 5.74) is 11.4. The largest absolute Gasteiger partial charge is 0.367 e. The molecule has 3 N–H and O–H groups in total. The number of likely N-dealkylation sites (tertiary alicyclic amines) is 1. The van der Waals surface area contributed by atoms with E-state index in [9.17, 15) is 4.79 Å². The summed E-state index contributed by atoms with van der Waals surface area (Å²) in [6.07, 6.45) is 4.96. The SMILES string of the molecule is N#Cc1nccc(NC2CCN(Cc3ccc(-c4nc5nc(C(N)=O)cnc5cc4-c4ccccc4)cc3)CC2)n1. The van der Waals surface area contributed by atoms with Crippen molar-refractivity contribution >= 4 is 22.9 Å². The Morgan fingerprint density at radius 3 is 2.49 bits per heavy atom. The highest BCUT2D eigenvalue weighted by molar-refractivity contribution is 5.93. The summed E-state index contributed by atoms with van der Waals surface area (Å²) in [6, 6.07) is 24.5. The fourth-order valence-electron chi connectivity index (χ4n) is 5.08. The lowest BCUT2D eigenvalue weighted by Gasteiger charge is -2.32. The van der Waals surface area contributed by atoms with Crippen molar-refractivity contribution in [1.29, 1.82) is 5.26 Å². The number of hydrogen-bond acceptors (Lipinski definition) is 9. The number of nitrogens with zero attached hydrogens (tertiary/aromatic N) is 7. The van der Waals surface area contributed by atoms with Crippen molar-refractivity contribution in [3.63, 3.8) is 0 Å². The van der Waals surface area contributed by atoms with Crippen LogP contribution in [0.2, 0.25) is 0 Å². The van der Waals surface area contributed by atoms with E-state index in [0.29, 0.717) is 23.0 Å². The van der Waals surface area contributed by atoms with Gasteiger partial charge in [0.15, 0.2) is 5.65 Å². The molecule has 1 saturated heterocycles. The first kappa shape index (κ1) is 26.0. The first-order valence-corrected chi connectivity index (χ1v) is 13.4. The van der Waals surface area contributed by atoms with Gasteiger partial charge in [0.1, 0.15) is 23.1 Å². The second-order valence-corrected chi connectivity index (χ2v) is 9.98. The number of hydrogen-bond donors (Lipinski definition) is 2. The van der Waals surface area contributed by atoms with Gasteiger partial charge < -0.3 is 11.1 Å². The molecule has 0 spiro atoms. The summed E-state index contributed by atoms with van der Waals surface area (Å²) < 4.78 is 0. The molecule has 5 aromatic rings. The second kappa shape index (κ2) is 11.5. The van der Waals surface area contributed by atoms with E-state index in [2.05, 4.69) is 54.4 Å². The molecule has 2 aromatic carbocycles. The molecule has 41 heavy (non-hydrogen) atoms. The maximum absolute atomic E-state index is 11.7. The summed E-state index contributed by atoms with van der Waals surface area (Å²) in [4.78, 5) is 35.9. The van der Waals surface area contributed by atoms with Gasteiger partial charge in [-0.15, -0.1) is 0 Å². The number of pyridine rings is 1. The zero-order valence-electron chi connectivity index (χ0n) is 22.2. The number of carbonyl (C=O) groups is 1. The minimum Gasteiger partial charge on any atom is -0.367 e. The van der Waals surface area contributed by atoms with Crippen LogP contribution in [0.4, 0.5) is 5.82 Å². The lowest BCUT2D eigenvalue weighted by molar-refractivity contribution is 0.0995. The molecule has 0 aliphatic carbocycles. The van der Waals surface area contributed by atoms with E-state index >= 15 is 0 Å². The third-order valence-corrected chi connectivity index (χ3v) is 7.20. The van der Waals surface area contributed by atoms with E-state index in [1.807, 2.05) is 42.5 Å². The van der Waals surface area contributed by atoms with Gasteiger partial charge in [-0.25, -0.2) is 19.9 Å². The number of benzene rings is 2. The first-order valence-electron chi connectivity index (χ1n) is 13.4. The number of anilines is 1. The van der Waals surface area contributed by atoms with E-state index < -0.39 is 5.91 Å². The fourth-order valence-corrected chi connectivity index (χ4v) is 5.08. The van der Waals surface area contributed by atoms with Crippen molar-refractivity contribution in [3.8, 4) is 28.5 Å². The van der Waals surface area contributed by atoms with Crippen molar-refractivity contribution in [2.75, 3.05) is 18.4 Å². The summed E-state index contributed by atoms with van der Waals surface area (Å²) in [7, 11) is 0. The molecule has 202 valence electrons. The highest BCUT2D eigenvalue weighted by Crippen LogP contribution is 2.33. The van der Waals surface area contributed by atoms with Crippen LogP contribution >= 0.6 is 0 Å². The number of primary amides is 1. The maximum Gasteiger partial charge on any atom is 0.268 e. The predicted octanol–water partition coefficient (Wildman–Crippen LogP) is 4.20. The molecule has 6 rings (SSSR count). The average molecular weight is 542 g/mol. The Morgan fingerprint density at radius 2 is 1.76 bits per heavy atom. The van der Waals surface area contributed by atoms with Crippen molar-refractivity contribution < 1.29 is 4.79 Å². The zero-order chi connectivity index (χ0) is 28.2. The van der Waals surface area contributed by atoms with Gasteiger partial charge in [0.05, 0.1) is 11.9 Å². The fraction of sp³-hybridized carbons (Fsp3) is 0.194. The van der Waals surface area contributed by atoms with Crippen molar-refractivity contribution in [3.05, 3.63) is 96.2 Å². The maximum atomic E-state index is 11.7. The van der Waals surface area contributed by atoms with E-state index in [4.69, 9.17) is 16.0 Å². The molecule has 4 heterocycles. The number of nitriles is 1. The molecule has 3 aromatic heterocycles. The molecule has 1 fully saturated rings. The van der Waals surface area contributed by atoms with Crippen LogP contribution in [0.3, 0.4) is 0 Å². The third-order valence-electron chi connectivity index (χ3n) is 7.20. The number of fused-ring (bicyclic) bond motifs is 1. The standard InChI is InChI=1S/C31H27N9O/c32-17-28-34-13-10-27(38-28)36-23-11-14-40(15-12-23)19-20-6-8-22(9-7-20)29-24(21-4-2-1-3-5-21)16-25-31(39-29)37-26(18-35-25)30(33)41/h1-10,13,16,18,23H,11-12,14-15,19H2,(H2,33,41)(H,34,36,38). The van der Waals surface area contributed by atoms with Gasteiger partial charge in [0, 0.05) is 43.0 Å². The summed E-state index contributed by atoms with van der Waals surface area (Å²) in [6.45, 7) is 2.77. The van der Waals surface area contributed by atoms with Gasteiger partial charge in [-0.2, -0.15) is 5.26 Å². The van der Waals surface area contributed by atoms with Gasteiger partial charge in [0.25, 0.3) is 5.91 Å². The topological polar surface area (TPSA) is 147 Å². The third kappa shape index (κ3) is 5.85. The van der Waals surface area contributed by atoms with Gasteiger partial charge in [0.2, 0.25) is 5.82 Å². The molecule has 1 aliphatic rings. The Labute approximate surface area is 236 Å². The van der Waals surface area contributed by atoms with E-state index in [-0.39, 0.29) is 11.5 Å². The number of nitrogens with two attached hydrogens (primary N) is 1. The Morgan fingerprint density at radius 1 is 0.976 bits per heavy atom. The van der Waals surface area contributed by atoms with Crippen LogP contribution in [-0.4, -0.2) is 54.9 Å². The molecule has 0 unspecified atom stereocenters. The summed E-state index contributed by atoms with van der Waals surface area (Å²) in [5, 5.41) is 12.5. The number of piperidine rings is 1. The van der Waals surface area contributed by atoms with Crippen molar-refractivity contribution in [2.24, 2.45) is 5.73 Å². The lowest BCUT2D eigenvalue weighted by atomic mass is 9.98. The number of rotatable bonds is 7. The number of nitrogens with one attached hydrogen (secondary N) is 1. The van der Waals surface area contributed by atoms with Gasteiger partial charge >= 0.3 is 0 Å². The Bertz CT molecular complexity index is 1740. The summed E-state index contributed by atoms with van der Waals surface area (Å²) >= 11 is 0. The van der Waals surface area contributed by atoms with Gasteiger partial charge in [-0.1, -0.05) is 54.6 Å². The second-order valence-electron chi connectivity index (χ2n) is 9.98. The highest BCUT2D eigenvalue weighted by Gasteiger charge is 2.20. The van der Waals surface area contributed by atoms with Crippen LogP contribution in [0.15, 0.2) is 79.1 Å². The quantitative estimate of drug-likeness (QED) is 0.309. The van der Waals surface area contributed by atoms with Crippen LogP contribution in [0.25, 0.3) is 33.5 Å². The monoisotopic (exact) mass is 541 g/mol. The molecule has 1 aliphatic heterocycles. The Balaban J connectivity index is 1.18. The van der Waals surface area contributed by atoms with Crippen molar-refractivity contribution in [1.82, 2.24) is 29.8 Å². The van der Waals surface area contributed by atoms with Crippen LogP contribution in [0, 0.1) is 11.3 Å². The number of carbonyl (C=O) groups excluding carboxylic acids is 1. The Kier molecular flexibility index (Phi) is 7.26. The Hall–Kier alpha value is -5.27. The van der Waals surface area contributed by atoms with Crippen molar-refractivity contribution in [2.45, 2.75) is 25.4 Å². The minimum atomic E-state index is -0.638. The normalized spacial score (nSPS) is 14.0. The van der Waals surface area contributed by atoms with Crippen LogP contribution in [0.1, 0.15) is 34.7 Å². The highest BCUT2D eigenvalue weighted by atomic mass is 16.1. The van der Waals surface area contributed by atoms with Gasteiger partial charge in [-0.3, -0.25) is 14.7 Å². The predicted molar refractivity (Wildman–Crippen MR) is 155 cm³/mol. The number of aromatic nitrogens is 5. The summed E-state index contributed by atoms with van der Waals surface area (Å²) in [5.74, 6) is 0.231. The van der Waals surface area contributed by atoms with Gasteiger partial charge in [-0.05, 0) is 36.1 Å². The molecule has 0 atom stereocenters. The average Bonchev–Trinajstić information content (AvgIpc) is 3.02. The van der Waals surface area contributed by atoms with Crippen LogP contribution < -0.4 is 11.1 Å². The van der Waals surface area contributed by atoms with Crippen LogP contribution in [0.5, 0.6) is 0 Å². The van der Waals surface area contributed by atoms with E-state index in [1.54, 1.807) is 12.3 Å². The zero-order valence-corrected chi connectivity index (χ0v) is 22.2. The smallest absolute Gasteiger partial charge is 0.268 e. The molecule has 0 saturated carbocycles. The molecular weight excluding hydrogens is 514 g/mol. The first-order chi connectivity index (χ1) is 20.1. The molecule has 10 nitrogen and oxygen atoms in total. The van der Waals surface area contributed by atoms with Crippen LogP contribution in [-0.2, 0) is 6.54 Å². The van der Waals surface area contributed by atoms with E-state index in [0.717, 1.165) is 54.9 Å². The molecule has 10 heteroatoms. The van der Waals surface area contributed by atoms with E-state index in [1.165, 1.54) is 11.8 Å². The molecule has 1 amide bonds. The molecule has 0 bridgehead atoms.